The van der Waals surface area contributed by atoms with Gasteiger partial charge in [-0.3, -0.25) is 4.99 Å². The highest BCUT2D eigenvalue weighted by Crippen LogP contribution is 2.38. The maximum Gasteiger partial charge on any atom is 0.231 e. The van der Waals surface area contributed by atoms with Crippen molar-refractivity contribution in [3.05, 3.63) is 71.2 Å². The van der Waals surface area contributed by atoms with Gasteiger partial charge in [0.1, 0.15) is 17.2 Å². The van der Waals surface area contributed by atoms with Crippen LogP contribution in [0.2, 0.25) is 5.02 Å². The summed E-state index contributed by atoms with van der Waals surface area (Å²) in [4.78, 5) is 4.53. The number of para-hydroxylation sites is 1. The standard InChI is InChI=1S/C22H18ClNO4/c1-2-25-20-12-22-21(26-14-27-22)11-15(20)13-24-16-7-9-17(10-8-16)28-19-6-4-3-5-18(19)23/h3-13H,2,14H2,1H3. The van der Waals surface area contributed by atoms with Crippen LogP contribution >= 0.6 is 11.6 Å². The monoisotopic (exact) mass is 395 g/mol. The molecule has 0 saturated carbocycles. The zero-order valence-corrected chi connectivity index (χ0v) is 16.0. The summed E-state index contributed by atoms with van der Waals surface area (Å²) in [5.41, 5.74) is 1.61. The van der Waals surface area contributed by atoms with Crippen molar-refractivity contribution in [1.82, 2.24) is 0 Å². The van der Waals surface area contributed by atoms with Crippen LogP contribution in [0.15, 0.2) is 65.7 Å². The summed E-state index contributed by atoms with van der Waals surface area (Å²) < 4.78 is 22.3. The lowest BCUT2D eigenvalue weighted by Gasteiger charge is -2.08. The molecule has 0 N–H and O–H groups in total. The van der Waals surface area contributed by atoms with Crippen molar-refractivity contribution < 1.29 is 18.9 Å². The lowest BCUT2D eigenvalue weighted by atomic mass is 10.2. The molecule has 1 heterocycles. The van der Waals surface area contributed by atoms with E-state index in [2.05, 4.69) is 4.99 Å². The van der Waals surface area contributed by atoms with Crippen molar-refractivity contribution >= 4 is 23.5 Å². The van der Waals surface area contributed by atoms with E-state index in [4.69, 9.17) is 30.5 Å². The minimum Gasteiger partial charge on any atom is -0.493 e. The van der Waals surface area contributed by atoms with Gasteiger partial charge in [0.25, 0.3) is 0 Å². The molecule has 1 aliphatic heterocycles. The van der Waals surface area contributed by atoms with Gasteiger partial charge in [0, 0.05) is 17.8 Å². The van der Waals surface area contributed by atoms with Crippen molar-refractivity contribution in [2.75, 3.05) is 13.4 Å². The zero-order chi connectivity index (χ0) is 19.3. The van der Waals surface area contributed by atoms with Crippen LogP contribution in [0.3, 0.4) is 0 Å². The van der Waals surface area contributed by atoms with Crippen molar-refractivity contribution in [1.29, 1.82) is 0 Å². The summed E-state index contributed by atoms with van der Waals surface area (Å²) in [5.74, 6) is 3.37. The van der Waals surface area contributed by atoms with Gasteiger partial charge in [0.15, 0.2) is 11.5 Å². The number of halogens is 1. The maximum atomic E-state index is 6.12. The Bertz CT molecular complexity index is 1000. The average Bonchev–Trinajstić information content (AvgIpc) is 3.16. The van der Waals surface area contributed by atoms with E-state index in [-0.39, 0.29) is 6.79 Å². The second kappa shape index (κ2) is 8.23. The van der Waals surface area contributed by atoms with E-state index in [1.54, 1.807) is 12.3 Å². The van der Waals surface area contributed by atoms with Crippen LogP contribution in [-0.2, 0) is 0 Å². The first-order valence-electron chi connectivity index (χ1n) is 8.86. The van der Waals surface area contributed by atoms with Crippen LogP contribution < -0.4 is 18.9 Å². The van der Waals surface area contributed by atoms with Gasteiger partial charge >= 0.3 is 0 Å². The van der Waals surface area contributed by atoms with E-state index in [0.717, 1.165) is 11.3 Å². The largest absolute Gasteiger partial charge is 0.493 e. The van der Waals surface area contributed by atoms with Crippen LogP contribution in [0.25, 0.3) is 0 Å². The molecule has 3 aromatic rings. The number of benzene rings is 3. The average molecular weight is 396 g/mol. The Labute approximate surface area is 168 Å². The molecular weight excluding hydrogens is 378 g/mol. The summed E-state index contributed by atoms with van der Waals surface area (Å²) >= 11 is 6.12. The van der Waals surface area contributed by atoms with Crippen LogP contribution in [0, 0.1) is 0 Å². The molecule has 1 aliphatic rings. The van der Waals surface area contributed by atoms with Gasteiger partial charge in [-0.15, -0.1) is 0 Å². The van der Waals surface area contributed by atoms with Gasteiger partial charge in [0.05, 0.1) is 17.3 Å². The number of ether oxygens (including phenoxy) is 4. The molecule has 142 valence electrons. The highest BCUT2D eigenvalue weighted by Gasteiger charge is 2.17. The first kappa shape index (κ1) is 18.2. The molecule has 28 heavy (non-hydrogen) atoms. The smallest absolute Gasteiger partial charge is 0.231 e. The Balaban J connectivity index is 1.51. The Kier molecular flexibility index (Phi) is 5.35. The number of fused-ring (bicyclic) bond motifs is 1. The van der Waals surface area contributed by atoms with E-state index in [0.29, 0.717) is 40.4 Å². The van der Waals surface area contributed by atoms with Crippen molar-refractivity contribution in [2.45, 2.75) is 6.92 Å². The molecule has 3 aromatic carbocycles. The van der Waals surface area contributed by atoms with Crippen LogP contribution in [0.4, 0.5) is 5.69 Å². The molecule has 5 nitrogen and oxygen atoms in total. The topological polar surface area (TPSA) is 49.3 Å². The lowest BCUT2D eigenvalue weighted by Crippen LogP contribution is -1.96. The normalized spacial score (nSPS) is 12.4. The highest BCUT2D eigenvalue weighted by atomic mass is 35.5. The first-order valence-corrected chi connectivity index (χ1v) is 9.23. The van der Waals surface area contributed by atoms with Crippen molar-refractivity contribution in [2.24, 2.45) is 4.99 Å². The van der Waals surface area contributed by atoms with Gasteiger partial charge in [-0.05, 0) is 49.4 Å². The molecule has 0 bridgehead atoms. The second-order valence-electron chi connectivity index (χ2n) is 5.96. The summed E-state index contributed by atoms with van der Waals surface area (Å²) in [6.07, 6.45) is 1.75. The lowest BCUT2D eigenvalue weighted by molar-refractivity contribution is 0.174. The third-order valence-corrected chi connectivity index (χ3v) is 4.37. The number of nitrogens with zero attached hydrogens (tertiary/aromatic N) is 1. The second-order valence-corrected chi connectivity index (χ2v) is 6.37. The van der Waals surface area contributed by atoms with E-state index < -0.39 is 0 Å². The van der Waals surface area contributed by atoms with Gasteiger partial charge < -0.3 is 18.9 Å². The molecule has 0 atom stereocenters. The van der Waals surface area contributed by atoms with E-state index >= 15 is 0 Å². The number of hydrogen-bond acceptors (Lipinski definition) is 5. The molecular formula is C22H18ClNO4. The molecule has 0 aliphatic carbocycles. The maximum absolute atomic E-state index is 6.12. The van der Waals surface area contributed by atoms with Crippen molar-refractivity contribution in [3.8, 4) is 28.7 Å². The van der Waals surface area contributed by atoms with E-state index in [1.807, 2.05) is 61.5 Å². The van der Waals surface area contributed by atoms with Gasteiger partial charge in [-0.2, -0.15) is 0 Å². The molecule has 0 fully saturated rings. The van der Waals surface area contributed by atoms with E-state index in [9.17, 15) is 0 Å². The molecule has 0 saturated heterocycles. The van der Waals surface area contributed by atoms with E-state index in [1.165, 1.54) is 0 Å². The summed E-state index contributed by atoms with van der Waals surface area (Å²) in [6, 6.07) is 18.5. The van der Waals surface area contributed by atoms with Gasteiger partial charge in [-0.25, -0.2) is 0 Å². The van der Waals surface area contributed by atoms with Crippen LogP contribution in [0.5, 0.6) is 28.7 Å². The SMILES string of the molecule is CCOc1cc2c(cc1C=Nc1ccc(Oc3ccccc3Cl)cc1)OCO2. The minimum atomic E-state index is 0.217. The Morgan fingerprint density at radius 1 is 1.00 bits per heavy atom. The third-order valence-electron chi connectivity index (χ3n) is 4.06. The van der Waals surface area contributed by atoms with Crippen molar-refractivity contribution in [3.63, 3.8) is 0 Å². The fourth-order valence-corrected chi connectivity index (χ4v) is 2.89. The quantitative estimate of drug-likeness (QED) is 0.479. The predicted molar refractivity (Wildman–Crippen MR) is 109 cm³/mol. The summed E-state index contributed by atoms with van der Waals surface area (Å²) in [5, 5.41) is 0.566. The Hall–Kier alpha value is -3.18. The molecule has 0 unspecified atom stereocenters. The fourth-order valence-electron chi connectivity index (χ4n) is 2.72. The molecule has 0 radical (unpaired) electrons. The number of rotatable bonds is 6. The summed E-state index contributed by atoms with van der Waals surface area (Å²) in [7, 11) is 0. The molecule has 0 amide bonds. The molecule has 6 heteroatoms. The van der Waals surface area contributed by atoms with Gasteiger partial charge in [-0.1, -0.05) is 23.7 Å². The molecule has 0 spiro atoms. The third kappa shape index (κ3) is 4.05. The number of aliphatic imine (C=N–C) groups is 1. The Morgan fingerprint density at radius 2 is 1.75 bits per heavy atom. The minimum absolute atomic E-state index is 0.217. The molecule has 4 rings (SSSR count). The predicted octanol–water partition coefficient (Wildman–Crippen LogP) is 6.01. The van der Waals surface area contributed by atoms with Gasteiger partial charge in [0.2, 0.25) is 6.79 Å². The highest BCUT2D eigenvalue weighted by molar-refractivity contribution is 6.32. The summed E-state index contributed by atoms with van der Waals surface area (Å²) in [6.45, 7) is 2.70. The fraction of sp³-hybridized carbons (Fsp3) is 0.136. The first-order chi connectivity index (χ1) is 13.7. The Morgan fingerprint density at radius 3 is 2.50 bits per heavy atom. The van der Waals surface area contributed by atoms with Crippen LogP contribution in [-0.4, -0.2) is 19.6 Å². The zero-order valence-electron chi connectivity index (χ0n) is 15.2. The molecule has 0 aromatic heterocycles. The number of hydrogen-bond donors (Lipinski definition) is 0. The van der Waals surface area contributed by atoms with Crippen LogP contribution in [0.1, 0.15) is 12.5 Å².